The number of rotatable bonds is 11. The first-order valence-electron chi connectivity index (χ1n) is 8.27. The van der Waals surface area contributed by atoms with E-state index in [1.807, 2.05) is 0 Å². The highest BCUT2D eigenvalue weighted by atomic mass is 127. The highest BCUT2D eigenvalue weighted by Gasteiger charge is 2.04. The number of guanidine groups is 1. The summed E-state index contributed by atoms with van der Waals surface area (Å²) in [7, 11) is 1.67. The average Bonchev–Trinajstić information content (AvgIpc) is 2.57. The molecule has 0 atom stereocenters. The second-order valence-corrected chi connectivity index (χ2v) is 5.17. The maximum Gasteiger partial charge on any atom is 0.191 e. The van der Waals surface area contributed by atoms with Crippen LogP contribution in [0, 0.1) is 11.6 Å². The molecule has 0 saturated carbocycles. The summed E-state index contributed by atoms with van der Waals surface area (Å²) < 4.78 is 36.9. The molecule has 0 fully saturated rings. The van der Waals surface area contributed by atoms with E-state index in [0.717, 1.165) is 51.2 Å². The molecule has 0 unspecified atom stereocenters. The van der Waals surface area contributed by atoms with E-state index in [9.17, 15) is 8.78 Å². The molecule has 0 aliphatic rings. The molecule has 1 aromatic rings. The molecule has 2 N–H and O–H groups in total. The van der Waals surface area contributed by atoms with Crippen molar-refractivity contribution >= 4 is 29.9 Å². The van der Waals surface area contributed by atoms with Crippen LogP contribution >= 0.6 is 24.0 Å². The van der Waals surface area contributed by atoms with E-state index < -0.39 is 11.6 Å². The maximum atomic E-state index is 13.4. The molecule has 0 heterocycles. The van der Waals surface area contributed by atoms with Crippen molar-refractivity contribution in [2.45, 2.75) is 26.2 Å². The average molecular weight is 471 g/mol. The van der Waals surface area contributed by atoms with Gasteiger partial charge in [0, 0.05) is 32.9 Å². The lowest BCUT2D eigenvalue weighted by molar-refractivity contribution is 0.129. The third-order valence-electron chi connectivity index (χ3n) is 3.17. The van der Waals surface area contributed by atoms with Gasteiger partial charge in [-0.25, -0.2) is 8.78 Å². The number of hydrogen-bond acceptors (Lipinski definition) is 3. The number of benzene rings is 1. The van der Waals surface area contributed by atoms with Gasteiger partial charge in [-0.2, -0.15) is 0 Å². The minimum absolute atomic E-state index is 0. The molecular formula is C17H28F2IN3O2. The van der Waals surface area contributed by atoms with Crippen molar-refractivity contribution in [2.75, 3.05) is 40.0 Å². The van der Waals surface area contributed by atoms with Gasteiger partial charge >= 0.3 is 0 Å². The van der Waals surface area contributed by atoms with E-state index in [0.29, 0.717) is 12.5 Å². The highest BCUT2D eigenvalue weighted by molar-refractivity contribution is 14.0. The molecule has 8 heteroatoms. The van der Waals surface area contributed by atoms with Gasteiger partial charge in [0.2, 0.25) is 0 Å². The largest absolute Gasteiger partial charge is 0.489 e. The Kier molecular flexibility index (Phi) is 14.4. The lowest BCUT2D eigenvalue weighted by Gasteiger charge is -2.13. The monoisotopic (exact) mass is 471 g/mol. The minimum Gasteiger partial charge on any atom is -0.489 e. The summed E-state index contributed by atoms with van der Waals surface area (Å²) in [6.45, 7) is 5.10. The van der Waals surface area contributed by atoms with Gasteiger partial charge in [0.15, 0.2) is 17.5 Å². The van der Waals surface area contributed by atoms with E-state index in [2.05, 4.69) is 22.5 Å². The number of hydrogen-bond donors (Lipinski definition) is 2. The van der Waals surface area contributed by atoms with Crippen LogP contribution in [-0.4, -0.2) is 45.9 Å². The molecule has 0 bridgehead atoms. The van der Waals surface area contributed by atoms with E-state index >= 15 is 0 Å². The third-order valence-corrected chi connectivity index (χ3v) is 3.17. The van der Waals surface area contributed by atoms with Crippen LogP contribution in [0.4, 0.5) is 8.78 Å². The molecular weight excluding hydrogens is 443 g/mol. The normalized spacial score (nSPS) is 11.0. The molecule has 0 saturated heterocycles. The van der Waals surface area contributed by atoms with Crippen molar-refractivity contribution in [3.05, 3.63) is 29.8 Å². The number of nitrogens with one attached hydrogen (secondary N) is 2. The Morgan fingerprint density at radius 1 is 1.08 bits per heavy atom. The fourth-order valence-corrected chi connectivity index (χ4v) is 1.87. The lowest BCUT2D eigenvalue weighted by Crippen LogP contribution is -2.39. The SMILES string of the molecule is CCCCOCCCNC(=NC)NCCOc1ccc(F)cc1F.I. The summed E-state index contributed by atoms with van der Waals surface area (Å²) >= 11 is 0. The van der Waals surface area contributed by atoms with Crippen molar-refractivity contribution in [1.82, 2.24) is 10.6 Å². The van der Waals surface area contributed by atoms with Crippen LogP contribution in [0.3, 0.4) is 0 Å². The third kappa shape index (κ3) is 11.1. The summed E-state index contributed by atoms with van der Waals surface area (Å²) in [6, 6.07) is 3.23. The molecule has 0 aliphatic carbocycles. The first-order valence-corrected chi connectivity index (χ1v) is 8.27. The zero-order valence-corrected chi connectivity index (χ0v) is 17.1. The van der Waals surface area contributed by atoms with Crippen molar-refractivity contribution in [1.29, 1.82) is 0 Å². The molecule has 0 radical (unpaired) electrons. The summed E-state index contributed by atoms with van der Waals surface area (Å²) in [5.74, 6) is -0.654. The topological polar surface area (TPSA) is 54.9 Å². The van der Waals surface area contributed by atoms with Crippen molar-refractivity contribution in [2.24, 2.45) is 4.99 Å². The van der Waals surface area contributed by atoms with Gasteiger partial charge in [0.1, 0.15) is 12.4 Å². The van der Waals surface area contributed by atoms with Crippen molar-refractivity contribution in [3.8, 4) is 5.75 Å². The molecule has 25 heavy (non-hydrogen) atoms. The maximum absolute atomic E-state index is 13.4. The van der Waals surface area contributed by atoms with Crippen molar-refractivity contribution < 1.29 is 18.3 Å². The number of halogens is 3. The second kappa shape index (κ2) is 15.1. The number of ether oxygens (including phenoxy) is 2. The fourth-order valence-electron chi connectivity index (χ4n) is 1.87. The smallest absolute Gasteiger partial charge is 0.191 e. The van der Waals surface area contributed by atoms with E-state index in [4.69, 9.17) is 9.47 Å². The van der Waals surface area contributed by atoms with Crippen LogP contribution in [0.1, 0.15) is 26.2 Å². The highest BCUT2D eigenvalue weighted by Crippen LogP contribution is 2.17. The molecule has 0 aliphatic heterocycles. The van der Waals surface area contributed by atoms with Gasteiger partial charge in [-0.05, 0) is 25.0 Å². The summed E-state index contributed by atoms with van der Waals surface area (Å²) in [4.78, 5) is 4.08. The Morgan fingerprint density at radius 2 is 1.80 bits per heavy atom. The van der Waals surface area contributed by atoms with E-state index in [1.165, 1.54) is 6.07 Å². The van der Waals surface area contributed by atoms with Gasteiger partial charge in [-0.1, -0.05) is 13.3 Å². The Hall–Kier alpha value is -1.16. The van der Waals surface area contributed by atoms with Crippen LogP contribution in [0.5, 0.6) is 5.75 Å². The van der Waals surface area contributed by atoms with Crippen LogP contribution in [0.2, 0.25) is 0 Å². The van der Waals surface area contributed by atoms with Crippen LogP contribution in [0.25, 0.3) is 0 Å². The van der Waals surface area contributed by atoms with Crippen molar-refractivity contribution in [3.63, 3.8) is 0 Å². The van der Waals surface area contributed by atoms with Gasteiger partial charge in [0.05, 0.1) is 6.54 Å². The summed E-state index contributed by atoms with van der Waals surface area (Å²) in [6.07, 6.45) is 3.12. The summed E-state index contributed by atoms with van der Waals surface area (Å²) in [5, 5.41) is 6.22. The first kappa shape index (κ1) is 23.8. The molecule has 0 spiro atoms. The van der Waals surface area contributed by atoms with E-state index in [-0.39, 0.29) is 36.3 Å². The Bertz CT molecular complexity index is 505. The number of nitrogens with zero attached hydrogens (tertiary/aromatic N) is 1. The second-order valence-electron chi connectivity index (χ2n) is 5.17. The van der Waals surface area contributed by atoms with Crippen LogP contribution in [0.15, 0.2) is 23.2 Å². The quantitative estimate of drug-likeness (QED) is 0.225. The van der Waals surface area contributed by atoms with Crippen LogP contribution in [-0.2, 0) is 4.74 Å². The zero-order chi connectivity index (χ0) is 17.6. The molecule has 0 amide bonds. The molecule has 144 valence electrons. The molecule has 1 aromatic carbocycles. The molecule has 1 rings (SSSR count). The van der Waals surface area contributed by atoms with Gasteiger partial charge in [-0.3, -0.25) is 4.99 Å². The Balaban J connectivity index is 0.00000576. The Labute approximate surface area is 165 Å². The predicted octanol–water partition coefficient (Wildman–Crippen LogP) is 3.33. The minimum atomic E-state index is -0.708. The van der Waals surface area contributed by atoms with Crippen LogP contribution < -0.4 is 15.4 Å². The van der Waals surface area contributed by atoms with Gasteiger partial charge < -0.3 is 20.1 Å². The Morgan fingerprint density at radius 3 is 2.48 bits per heavy atom. The molecule has 5 nitrogen and oxygen atoms in total. The predicted molar refractivity (Wildman–Crippen MR) is 107 cm³/mol. The standard InChI is InChI=1S/C17H27F2N3O2.HI/c1-3-4-10-23-11-5-8-21-17(20-2)22-9-12-24-16-7-6-14(18)13-15(16)19;/h6-7,13H,3-5,8-12H2,1-2H3,(H2,20,21,22);1H. The first-order chi connectivity index (χ1) is 11.7. The number of aliphatic imine (C=N–C) groups is 1. The fraction of sp³-hybridized carbons (Fsp3) is 0.588. The molecule has 0 aromatic heterocycles. The lowest BCUT2D eigenvalue weighted by atomic mass is 10.3. The van der Waals surface area contributed by atoms with Gasteiger partial charge in [0.25, 0.3) is 0 Å². The summed E-state index contributed by atoms with van der Waals surface area (Å²) in [5.41, 5.74) is 0. The zero-order valence-electron chi connectivity index (χ0n) is 14.8. The number of unbranched alkanes of at least 4 members (excludes halogenated alkanes) is 1. The van der Waals surface area contributed by atoms with E-state index in [1.54, 1.807) is 7.05 Å². The van der Waals surface area contributed by atoms with Gasteiger partial charge in [-0.15, -0.1) is 24.0 Å².